The summed E-state index contributed by atoms with van der Waals surface area (Å²) in [5, 5.41) is 10.5. The molecule has 2 aromatic heterocycles. The molecular formula is C21H22N4O3S. The molecule has 1 aliphatic rings. The molecule has 150 valence electrons. The molecule has 1 unspecified atom stereocenters. The highest BCUT2D eigenvalue weighted by atomic mass is 32.1. The van der Waals surface area contributed by atoms with E-state index >= 15 is 0 Å². The van der Waals surface area contributed by atoms with Crippen molar-refractivity contribution in [2.75, 3.05) is 0 Å². The number of carbonyl (C=O) groups is 2. The molecule has 0 aliphatic carbocycles. The monoisotopic (exact) mass is 410 g/mol. The predicted octanol–water partition coefficient (Wildman–Crippen LogP) is 4.06. The van der Waals surface area contributed by atoms with Crippen LogP contribution < -0.4 is 5.32 Å². The fourth-order valence-electron chi connectivity index (χ4n) is 3.30. The Morgan fingerprint density at radius 1 is 1.17 bits per heavy atom. The van der Waals surface area contributed by atoms with Gasteiger partial charge in [0.25, 0.3) is 11.8 Å². The zero-order chi connectivity index (χ0) is 20.8. The topological polar surface area (TPSA) is 88.3 Å². The lowest BCUT2D eigenvalue weighted by molar-refractivity contribution is -0.131. The second-order valence-corrected chi connectivity index (χ2v) is 9.08. The number of thiophene rings is 1. The van der Waals surface area contributed by atoms with E-state index in [-0.39, 0.29) is 23.7 Å². The molecule has 1 fully saturated rings. The van der Waals surface area contributed by atoms with Crippen molar-refractivity contribution in [2.45, 2.75) is 45.2 Å². The van der Waals surface area contributed by atoms with Crippen molar-refractivity contribution in [1.29, 1.82) is 0 Å². The molecule has 1 aliphatic heterocycles. The molecule has 0 saturated carbocycles. The van der Waals surface area contributed by atoms with Crippen molar-refractivity contribution in [3.05, 3.63) is 58.0 Å². The van der Waals surface area contributed by atoms with Crippen molar-refractivity contribution in [3.8, 4) is 11.5 Å². The third-order valence-electron chi connectivity index (χ3n) is 5.14. The van der Waals surface area contributed by atoms with Crippen LogP contribution in [0.1, 0.15) is 44.6 Å². The second kappa shape index (κ2) is 6.81. The first-order valence-corrected chi connectivity index (χ1v) is 10.2. The molecule has 0 radical (unpaired) electrons. The molecule has 3 aromatic rings. The Kier molecular flexibility index (Phi) is 4.53. The maximum atomic E-state index is 13.1. The van der Waals surface area contributed by atoms with Gasteiger partial charge in [-0.2, -0.15) is 16.3 Å². The van der Waals surface area contributed by atoms with Gasteiger partial charge < -0.3 is 9.84 Å². The Hall–Kier alpha value is -3.00. The first-order chi connectivity index (χ1) is 13.7. The minimum Gasteiger partial charge on any atom is -0.334 e. The Bertz CT molecular complexity index is 1050. The number of nitrogens with one attached hydrogen (secondary N) is 1. The molecule has 8 heteroatoms. The fraction of sp³-hybridized carbons (Fsp3) is 0.333. The van der Waals surface area contributed by atoms with Crippen LogP contribution in [0, 0.1) is 0 Å². The van der Waals surface area contributed by atoms with E-state index in [4.69, 9.17) is 4.52 Å². The van der Waals surface area contributed by atoms with Crippen molar-refractivity contribution >= 4 is 23.3 Å². The molecule has 1 aromatic carbocycles. The summed E-state index contributed by atoms with van der Waals surface area (Å²) in [6.45, 7) is 8.05. The van der Waals surface area contributed by atoms with Crippen LogP contribution in [-0.4, -0.2) is 27.0 Å². The van der Waals surface area contributed by atoms with Gasteiger partial charge in [-0.25, -0.2) is 4.79 Å². The summed E-state index contributed by atoms with van der Waals surface area (Å²) >= 11 is 1.52. The molecule has 0 spiro atoms. The van der Waals surface area contributed by atoms with E-state index in [9.17, 15) is 9.59 Å². The second-order valence-electron chi connectivity index (χ2n) is 8.30. The number of carbonyl (C=O) groups excluding carboxylic acids is 2. The number of amides is 3. The summed E-state index contributed by atoms with van der Waals surface area (Å²) in [7, 11) is 0. The first-order valence-electron chi connectivity index (χ1n) is 9.29. The lowest BCUT2D eigenvalue weighted by atomic mass is 9.84. The Morgan fingerprint density at radius 2 is 1.90 bits per heavy atom. The summed E-state index contributed by atoms with van der Waals surface area (Å²) in [6, 6.07) is 9.17. The van der Waals surface area contributed by atoms with E-state index in [0.717, 1.165) is 21.6 Å². The number of hydrogen-bond acceptors (Lipinski definition) is 6. The molecule has 4 rings (SSSR count). The quantitative estimate of drug-likeness (QED) is 0.655. The van der Waals surface area contributed by atoms with E-state index < -0.39 is 11.6 Å². The third-order valence-corrected chi connectivity index (χ3v) is 5.82. The first kappa shape index (κ1) is 19.3. The normalized spacial score (nSPS) is 19.7. The van der Waals surface area contributed by atoms with Crippen LogP contribution in [0.15, 0.2) is 45.6 Å². The maximum absolute atomic E-state index is 13.1. The van der Waals surface area contributed by atoms with Gasteiger partial charge in [-0.3, -0.25) is 9.69 Å². The van der Waals surface area contributed by atoms with Crippen LogP contribution in [0.2, 0.25) is 0 Å². The minimum absolute atomic E-state index is 0.00713. The summed E-state index contributed by atoms with van der Waals surface area (Å²) in [6.07, 6.45) is 0. The maximum Gasteiger partial charge on any atom is 0.325 e. The average molecular weight is 410 g/mol. The van der Waals surface area contributed by atoms with Gasteiger partial charge in [-0.15, -0.1) is 0 Å². The molecular weight excluding hydrogens is 388 g/mol. The van der Waals surface area contributed by atoms with Gasteiger partial charge in [-0.05, 0) is 34.9 Å². The average Bonchev–Trinajstić information content (AvgIpc) is 3.39. The van der Waals surface area contributed by atoms with Gasteiger partial charge in [0.1, 0.15) is 5.54 Å². The SMILES string of the molecule is CC(C)(C)c1ccc(C2(C)NC(=O)N(Cc3noc(-c4ccsc4)n3)C2=O)cc1. The predicted molar refractivity (Wildman–Crippen MR) is 109 cm³/mol. The Morgan fingerprint density at radius 3 is 2.52 bits per heavy atom. The van der Waals surface area contributed by atoms with Crippen molar-refractivity contribution in [3.63, 3.8) is 0 Å². The van der Waals surface area contributed by atoms with Crippen LogP contribution in [0.25, 0.3) is 11.5 Å². The molecule has 1 N–H and O–H groups in total. The van der Waals surface area contributed by atoms with Crippen molar-refractivity contribution < 1.29 is 14.1 Å². The number of rotatable bonds is 4. The van der Waals surface area contributed by atoms with Crippen LogP contribution >= 0.6 is 11.3 Å². The molecule has 3 heterocycles. The molecule has 1 atom stereocenters. The van der Waals surface area contributed by atoms with Gasteiger partial charge >= 0.3 is 6.03 Å². The molecule has 0 bridgehead atoms. The molecule has 29 heavy (non-hydrogen) atoms. The van der Waals surface area contributed by atoms with E-state index in [0.29, 0.717) is 5.89 Å². The lowest BCUT2D eigenvalue weighted by Crippen LogP contribution is -2.40. The van der Waals surface area contributed by atoms with Gasteiger partial charge in [0.2, 0.25) is 0 Å². The lowest BCUT2D eigenvalue weighted by Gasteiger charge is -2.24. The molecule has 1 saturated heterocycles. The summed E-state index contributed by atoms with van der Waals surface area (Å²) in [4.78, 5) is 31.1. The Labute approximate surface area is 172 Å². The Balaban J connectivity index is 1.55. The van der Waals surface area contributed by atoms with Crippen LogP contribution in [-0.2, 0) is 22.3 Å². The number of hydrogen-bond donors (Lipinski definition) is 1. The van der Waals surface area contributed by atoms with Crippen molar-refractivity contribution in [2.24, 2.45) is 0 Å². The number of urea groups is 1. The number of benzene rings is 1. The number of nitrogens with zero attached hydrogens (tertiary/aromatic N) is 3. The summed E-state index contributed by atoms with van der Waals surface area (Å²) in [5.41, 5.74) is 1.58. The summed E-state index contributed by atoms with van der Waals surface area (Å²) < 4.78 is 5.25. The van der Waals surface area contributed by atoms with Crippen LogP contribution in [0.4, 0.5) is 4.79 Å². The standard InChI is InChI=1S/C21H22N4O3S/c1-20(2,3)14-5-7-15(8-6-14)21(4)18(26)25(19(27)23-21)11-16-22-17(28-24-16)13-9-10-29-12-13/h5-10,12H,11H2,1-4H3,(H,23,27). The van der Waals surface area contributed by atoms with Crippen LogP contribution in [0.3, 0.4) is 0 Å². The number of aromatic nitrogens is 2. The number of imide groups is 1. The largest absolute Gasteiger partial charge is 0.334 e. The van der Waals surface area contributed by atoms with Gasteiger partial charge in [0.05, 0.1) is 12.1 Å². The smallest absolute Gasteiger partial charge is 0.325 e. The third kappa shape index (κ3) is 3.44. The highest BCUT2D eigenvalue weighted by Crippen LogP contribution is 2.32. The van der Waals surface area contributed by atoms with Gasteiger partial charge in [-0.1, -0.05) is 50.2 Å². The zero-order valence-electron chi connectivity index (χ0n) is 16.7. The molecule has 7 nitrogen and oxygen atoms in total. The van der Waals surface area contributed by atoms with Crippen LogP contribution in [0.5, 0.6) is 0 Å². The molecule has 3 amide bonds. The van der Waals surface area contributed by atoms with E-state index in [1.807, 2.05) is 41.1 Å². The van der Waals surface area contributed by atoms with E-state index in [1.165, 1.54) is 11.3 Å². The summed E-state index contributed by atoms with van der Waals surface area (Å²) in [5.74, 6) is 0.309. The van der Waals surface area contributed by atoms with Crippen molar-refractivity contribution in [1.82, 2.24) is 20.4 Å². The zero-order valence-corrected chi connectivity index (χ0v) is 17.5. The van der Waals surface area contributed by atoms with E-state index in [1.54, 1.807) is 6.92 Å². The van der Waals surface area contributed by atoms with Gasteiger partial charge in [0, 0.05) is 5.38 Å². The fourth-order valence-corrected chi connectivity index (χ4v) is 3.93. The van der Waals surface area contributed by atoms with E-state index in [2.05, 4.69) is 36.2 Å². The highest BCUT2D eigenvalue weighted by Gasteiger charge is 2.49. The van der Waals surface area contributed by atoms with Gasteiger partial charge in [0.15, 0.2) is 5.82 Å². The highest BCUT2D eigenvalue weighted by molar-refractivity contribution is 7.08. The minimum atomic E-state index is -1.13.